The van der Waals surface area contributed by atoms with E-state index in [-0.39, 0.29) is 55.7 Å². The van der Waals surface area contributed by atoms with Gasteiger partial charge in [0.25, 0.3) is 0 Å². The van der Waals surface area contributed by atoms with Crippen LogP contribution in [0.2, 0.25) is 0 Å². The lowest BCUT2D eigenvalue weighted by Gasteiger charge is -2.23. The van der Waals surface area contributed by atoms with Gasteiger partial charge in [-0.15, -0.1) is 0 Å². The zero-order chi connectivity index (χ0) is 58.5. The predicted molar refractivity (Wildman–Crippen MR) is 346 cm³/mol. The number of esters is 3. The number of ether oxygens (including phenoxy) is 3. The molecule has 10 nitrogen and oxygen atoms in total. The lowest BCUT2D eigenvalue weighted by molar-refractivity contribution is -0.144. The number of hydrogen-bond acceptors (Lipinski definition) is 10. The van der Waals surface area contributed by atoms with E-state index in [9.17, 15) is 18.9 Å². The molecule has 0 unspecified atom stereocenters. The summed E-state index contributed by atoms with van der Waals surface area (Å²) >= 11 is 0. The van der Waals surface area contributed by atoms with Crippen LogP contribution in [0.25, 0.3) is 0 Å². The van der Waals surface area contributed by atoms with Gasteiger partial charge in [0, 0.05) is 38.1 Å². The number of carbonyl (C=O) groups is 3. The highest BCUT2D eigenvalue weighted by molar-refractivity contribution is 7.64. The van der Waals surface area contributed by atoms with E-state index in [1.807, 2.05) is 0 Å². The monoisotopic (exact) mass is 1150 g/mol. The molecular formula is C69H138N3O7P. The molecule has 0 aromatic carbocycles. The molecule has 0 aliphatic carbocycles. The molecule has 0 aliphatic heterocycles. The Bertz CT molecular complexity index is 1160. The van der Waals surface area contributed by atoms with Crippen molar-refractivity contribution in [2.45, 2.75) is 330 Å². The number of nitrogens with zero attached hydrogens (tertiary/aromatic N) is 3. The molecular weight excluding hydrogens is 1010 g/mol. The van der Waals surface area contributed by atoms with Gasteiger partial charge in [0.15, 0.2) is 0 Å². The molecule has 0 heterocycles. The summed E-state index contributed by atoms with van der Waals surface area (Å²) < 4.78 is 32.3. The molecule has 0 N–H and O–H groups in total. The van der Waals surface area contributed by atoms with Gasteiger partial charge in [-0.05, 0) is 77.8 Å². The summed E-state index contributed by atoms with van der Waals surface area (Å²) in [6.07, 6.45) is 53.8. The second-order valence-electron chi connectivity index (χ2n) is 24.4. The van der Waals surface area contributed by atoms with Crippen LogP contribution in [0.1, 0.15) is 330 Å². The van der Waals surface area contributed by atoms with Gasteiger partial charge >= 0.3 is 17.9 Å². The van der Waals surface area contributed by atoms with Crippen LogP contribution in [0.15, 0.2) is 0 Å². The average molecular weight is 1150 g/mol. The first-order chi connectivity index (χ1) is 39.2. The summed E-state index contributed by atoms with van der Waals surface area (Å²) in [5.41, 5.74) is 0. The van der Waals surface area contributed by atoms with Crippen molar-refractivity contribution in [2.75, 3.05) is 97.2 Å². The van der Waals surface area contributed by atoms with Crippen molar-refractivity contribution in [1.82, 2.24) is 14.7 Å². The fourth-order valence-corrected chi connectivity index (χ4v) is 13.5. The first-order valence-corrected chi connectivity index (χ1v) is 37.6. The van der Waals surface area contributed by atoms with Crippen LogP contribution in [-0.4, -0.2) is 130 Å². The zero-order valence-corrected chi connectivity index (χ0v) is 55.5. The maximum absolute atomic E-state index is 14.8. The number of hydrogen-bond donors (Lipinski definition) is 0. The molecule has 0 spiro atoms. The standard InChI is InChI=1S/C69H138N3O7P/c1-7-13-19-25-31-37-43-52-70(53-44-38-32-26-20-14-8-2)58-61-77-67(73)49-64-80(76,65-50-68(74)78-62-59-71(54-45-39-33-27-21-15-9-3)55-46-40-34-28-22-16-10-4)66-51-69(75)79-63-60-72(56-47-41-35-29-23-17-11-5)57-48-42-36-30-24-18-12-6/h7-66H2,1-6H3. The minimum absolute atomic E-state index is 0.00916. The van der Waals surface area contributed by atoms with Crippen molar-refractivity contribution in [3.05, 3.63) is 0 Å². The Hall–Kier alpha value is -1.48. The maximum atomic E-state index is 14.8. The number of carbonyl (C=O) groups excluding carboxylic acids is 3. The Morgan fingerprint density at radius 3 is 0.588 bits per heavy atom. The molecule has 476 valence electrons. The van der Waals surface area contributed by atoms with Crippen molar-refractivity contribution < 1.29 is 33.2 Å². The van der Waals surface area contributed by atoms with Crippen LogP contribution in [0.4, 0.5) is 0 Å². The first-order valence-electron chi connectivity index (χ1n) is 35.4. The largest absolute Gasteiger partial charge is 0.464 e. The van der Waals surface area contributed by atoms with E-state index in [1.54, 1.807) is 0 Å². The van der Waals surface area contributed by atoms with Gasteiger partial charge in [0.1, 0.15) is 19.8 Å². The Balaban J connectivity index is 5.71. The van der Waals surface area contributed by atoms with Gasteiger partial charge in [-0.3, -0.25) is 29.1 Å². The third-order valence-electron chi connectivity index (χ3n) is 16.6. The smallest absolute Gasteiger partial charge is 0.306 e. The molecule has 0 aromatic rings. The van der Waals surface area contributed by atoms with Crippen molar-refractivity contribution >= 4 is 25.0 Å². The van der Waals surface area contributed by atoms with Crippen LogP contribution in [0.3, 0.4) is 0 Å². The fraction of sp³-hybridized carbons (Fsp3) is 0.957. The van der Waals surface area contributed by atoms with E-state index in [0.29, 0.717) is 39.5 Å². The van der Waals surface area contributed by atoms with Gasteiger partial charge in [0.05, 0.1) is 26.4 Å². The molecule has 0 aliphatic rings. The summed E-state index contributed by atoms with van der Waals surface area (Å²) in [4.78, 5) is 47.6. The molecule has 80 heavy (non-hydrogen) atoms. The summed E-state index contributed by atoms with van der Waals surface area (Å²) in [6, 6.07) is 0. The molecule has 0 saturated heterocycles. The molecule has 11 heteroatoms. The van der Waals surface area contributed by atoms with Crippen molar-refractivity contribution in [3.63, 3.8) is 0 Å². The van der Waals surface area contributed by atoms with E-state index < -0.39 is 7.14 Å². The molecule has 0 amide bonds. The lowest BCUT2D eigenvalue weighted by Crippen LogP contribution is -2.31. The second-order valence-corrected chi connectivity index (χ2v) is 27.9. The Morgan fingerprint density at radius 2 is 0.412 bits per heavy atom. The van der Waals surface area contributed by atoms with Gasteiger partial charge in [-0.25, -0.2) is 0 Å². The highest BCUT2D eigenvalue weighted by atomic mass is 31.2. The van der Waals surface area contributed by atoms with Crippen LogP contribution >= 0.6 is 7.14 Å². The number of unbranched alkanes of at least 4 members (excludes halogenated alkanes) is 36. The van der Waals surface area contributed by atoms with E-state index >= 15 is 0 Å². The van der Waals surface area contributed by atoms with Crippen LogP contribution in [0, 0.1) is 0 Å². The van der Waals surface area contributed by atoms with Gasteiger partial charge in [0.2, 0.25) is 0 Å². The SMILES string of the molecule is CCCCCCCCCN(CCCCCCCCC)CCOC(=O)CCP(=O)(CCC(=O)OCCN(CCCCCCCCC)CCCCCCCCC)CCC(=O)OCCN(CCCCCCCCC)CCCCCCCCC. The van der Waals surface area contributed by atoms with Crippen LogP contribution in [-0.2, 0) is 33.2 Å². The van der Waals surface area contributed by atoms with Crippen molar-refractivity contribution in [2.24, 2.45) is 0 Å². The molecule has 0 aromatic heterocycles. The first kappa shape index (κ1) is 78.5. The fourth-order valence-electron chi connectivity index (χ4n) is 11.1. The third-order valence-corrected chi connectivity index (χ3v) is 19.8. The van der Waals surface area contributed by atoms with Crippen LogP contribution in [0.5, 0.6) is 0 Å². The van der Waals surface area contributed by atoms with E-state index in [4.69, 9.17) is 14.2 Å². The van der Waals surface area contributed by atoms with Gasteiger partial charge in [-0.2, -0.15) is 0 Å². The number of rotatable bonds is 66. The summed E-state index contributed by atoms with van der Waals surface area (Å²) in [5, 5.41) is 0. The predicted octanol–water partition coefficient (Wildman–Crippen LogP) is 19.6. The Morgan fingerprint density at radius 1 is 0.250 bits per heavy atom. The summed E-state index contributed by atoms with van der Waals surface area (Å²) in [5.74, 6) is -1.07. The minimum Gasteiger partial charge on any atom is -0.464 e. The average Bonchev–Trinajstić information content (AvgIpc) is 3.45. The van der Waals surface area contributed by atoms with Crippen molar-refractivity contribution in [3.8, 4) is 0 Å². The minimum atomic E-state index is -3.14. The molecule has 0 saturated carbocycles. The van der Waals surface area contributed by atoms with Crippen LogP contribution < -0.4 is 0 Å². The van der Waals surface area contributed by atoms with E-state index in [2.05, 4.69) is 56.2 Å². The second kappa shape index (κ2) is 62.1. The zero-order valence-electron chi connectivity index (χ0n) is 54.6. The van der Waals surface area contributed by atoms with Gasteiger partial charge in [-0.1, -0.05) is 273 Å². The quantitative estimate of drug-likeness (QED) is 0.0253. The molecule has 0 fully saturated rings. The molecule has 0 rings (SSSR count). The highest BCUT2D eigenvalue weighted by Gasteiger charge is 2.27. The molecule has 0 bridgehead atoms. The summed E-state index contributed by atoms with van der Waals surface area (Å²) in [6.45, 7) is 22.8. The third kappa shape index (κ3) is 55.7. The molecule has 0 atom stereocenters. The summed E-state index contributed by atoms with van der Waals surface area (Å²) in [7, 11) is -3.14. The Kier molecular flexibility index (Phi) is 60.9. The topological polar surface area (TPSA) is 106 Å². The highest BCUT2D eigenvalue weighted by Crippen LogP contribution is 2.47. The Labute approximate surface area is 498 Å². The molecule has 0 radical (unpaired) electrons. The normalized spacial score (nSPS) is 11.9. The van der Waals surface area contributed by atoms with Gasteiger partial charge < -0.3 is 18.8 Å². The lowest BCUT2D eigenvalue weighted by atomic mass is 10.1. The van der Waals surface area contributed by atoms with E-state index in [1.165, 1.54) is 231 Å². The van der Waals surface area contributed by atoms with Crippen molar-refractivity contribution in [1.29, 1.82) is 0 Å². The van der Waals surface area contributed by atoms with E-state index in [0.717, 1.165) is 77.8 Å². The maximum Gasteiger partial charge on any atom is 0.306 e.